The van der Waals surface area contributed by atoms with Crippen LogP contribution in [0, 0.1) is 5.82 Å². The Balaban J connectivity index is 1.97. The lowest BCUT2D eigenvalue weighted by molar-refractivity contribution is 0.104. The Hall–Kier alpha value is -2.42. The zero-order chi connectivity index (χ0) is 15.2. The van der Waals surface area contributed by atoms with Crippen LogP contribution in [0.15, 0.2) is 60.8 Å². The van der Waals surface area contributed by atoms with E-state index in [-0.39, 0.29) is 11.6 Å². The van der Waals surface area contributed by atoms with Crippen molar-refractivity contribution < 1.29 is 9.18 Å². The summed E-state index contributed by atoms with van der Waals surface area (Å²) in [6.45, 7) is 4.23. The van der Waals surface area contributed by atoms with Crippen LogP contribution in [0.1, 0.15) is 35.7 Å². The fourth-order valence-electron chi connectivity index (χ4n) is 1.89. The molecule has 0 heterocycles. The van der Waals surface area contributed by atoms with Crippen molar-refractivity contribution in [1.29, 1.82) is 0 Å². The van der Waals surface area contributed by atoms with Gasteiger partial charge in [0.25, 0.3) is 0 Å². The summed E-state index contributed by atoms with van der Waals surface area (Å²) in [5, 5.41) is 2.93. The van der Waals surface area contributed by atoms with Crippen molar-refractivity contribution in [3.05, 3.63) is 77.8 Å². The van der Waals surface area contributed by atoms with Gasteiger partial charge in [-0.15, -0.1) is 0 Å². The van der Waals surface area contributed by atoms with Gasteiger partial charge in [0, 0.05) is 23.5 Å². The Morgan fingerprint density at radius 3 is 2.24 bits per heavy atom. The van der Waals surface area contributed by atoms with Crippen molar-refractivity contribution in [2.24, 2.45) is 0 Å². The molecule has 0 aromatic heterocycles. The normalized spacial score (nSPS) is 11.0. The lowest BCUT2D eigenvalue weighted by atomic mass is 10.0. The van der Waals surface area contributed by atoms with Gasteiger partial charge in [-0.25, -0.2) is 4.39 Å². The minimum absolute atomic E-state index is 0.0695. The SMILES string of the molecule is CC(C)c1ccc(C(=O)/C=C/Nc2ccc(F)cc2)cc1. The van der Waals surface area contributed by atoms with E-state index in [4.69, 9.17) is 0 Å². The van der Waals surface area contributed by atoms with Crippen molar-refractivity contribution in [3.63, 3.8) is 0 Å². The fourth-order valence-corrected chi connectivity index (χ4v) is 1.89. The Morgan fingerprint density at radius 1 is 1.05 bits per heavy atom. The van der Waals surface area contributed by atoms with Crippen LogP contribution >= 0.6 is 0 Å². The Kier molecular flexibility index (Phi) is 4.88. The third-order valence-electron chi connectivity index (χ3n) is 3.19. The summed E-state index contributed by atoms with van der Waals surface area (Å²) in [6, 6.07) is 13.6. The van der Waals surface area contributed by atoms with Gasteiger partial charge in [-0.1, -0.05) is 38.1 Å². The number of ketones is 1. The second kappa shape index (κ2) is 6.84. The highest BCUT2D eigenvalue weighted by Crippen LogP contribution is 2.15. The van der Waals surface area contributed by atoms with Crippen LogP contribution in [0.3, 0.4) is 0 Å². The summed E-state index contributed by atoms with van der Waals surface area (Å²) in [5.74, 6) is 0.0932. The smallest absolute Gasteiger partial charge is 0.187 e. The zero-order valence-corrected chi connectivity index (χ0v) is 12.1. The molecule has 3 heteroatoms. The van der Waals surface area contributed by atoms with Crippen molar-refractivity contribution in [2.45, 2.75) is 19.8 Å². The lowest BCUT2D eigenvalue weighted by Crippen LogP contribution is -1.97. The van der Waals surface area contributed by atoms with Gasteiger partial charge in [0.2, 0.25) is 0 Å². The number of carbonyl (C=O) groups excluding carboxylic acids is 1. The standard InChI is InChI=1S/C18H18FNO/c1-13(2)14-3-5-15(6-4-14)18(21)11-12-20-17-9-7-16(19)8-10-17/h3-13,20H,1-2H3/b12-11+. The minimum atomic E-state index is -0.286. The first kappa shape index (κ1) is 15.0. The van der Waals surface area contributed by atoms with E-state index in [2.05, 4.69) is 19.2 Å². The summed E-state index contributed by atoms with van der Waals surface area (Å²) >= 11 is 0. The fraction of sp³-hybridized carbons (Fsp3) is 0.167. The average Bonchev–Trinajstić information content (AvgIpc) is 2.49. The summed E-state index contributed by atoms with van der Waals surface area (Å²) in [4.78, 5) is 12.0. The molecule has 0 radical (unpaired) electrons. The molecule has 0 spiro atoms. The number of carbonyl (C=O) groups is 1. The van der Waals surface area contributed by atoms with Gasteiger partial charge < -0.3 is 5.32 Å². The number of anilines is 1. The van der Waals surface area contributed by atoms with Gasteiger partial charge in [-0.2, -0.15) is 0 Å². The summed E-state index contributed by atoms with van der Waals surface area (Å²) < 4.78 is 12.7. The largest absolute Gasteiger partial charge is 0.362 e. The number of nitrogens with one attached hydrogen (secondary N) is 1. The van der Waals surface area contributed by atoms with E-state index in [0.29, 0.717) is 11.5 Å². The third-order valence-corrected chi connectivity index (χ3v) is 3.19. The first-order valence-corrected chi connectivity index (χ1v) is 6.89. The first-order chi connectivity index (χ1) is 10.1. The first-order valence-electron chi connectivity index (χ1n) is 6.89. The Labute approximate surface area is 124 Å². The maximum absolute atomic E-state index is 12.7. The second-order valence-electron chi connectivity index (χ2n) is 5.13. The highest BCUT2D eigenvalue weighted by atomic mass is 19.1. The predicted octanol–water partition coefficient (Wildman–Crippen LogP) is 4.76. The molecule has 2 rings (SSSR count). The molecule has 21 heavy (non-hydrogen) atoms. The van der Waals surface area contributed by atoms with Gasteiger partial charge in [0.15, 0.2) is 5.78 Å². The molecule has 2 nitrogen and oxygen atoms in total. The molecule has 0 saturated carbocycles. The third kappa shape index (κ3) is 4.28. The molecule has 0 bridgehead atoms. The van der Waals surface area contributed by atoms with Crippen LogP contribution in [0.2, 0.25) is 0 Å². The van der Waals surface area contributed by atoms with Crippen molar-refractivity contribution in [1.82, 2.24) is 0 Å². The molecule has 2 aromatic carbocycles. The van der Waals surface area contributed by atoms with Gasteiger partial charge in [0.05, 0.1) is 0 Å². The van der Waals surface area contributed by atoms with Crippen LogP contribution in [0.4, 0.5) is 10.1 Å². The zero-order valence-electron chi connectivity index (χ0n) is 12.1. The highest BCUT2D eigenvalue weighted by Gasteiger charge is 2.03. The molecule has 108 valence electrons. The lowest BCUT2D eigenvalue weighted by Gasteiger charge is -2.05. The number of halogens is 1. The number of rotatable bonds is 5. The van der Waals surface area contributed by atoms with Crippen LogP contribution in [0.5, 0.6) is 0 Å². The van der Waals surface area contributed by atoms with Crippen molar-refractivity contribution in [3.8, 4) is 0 Å². The highest BCUT2D eigenvalue weighted by molar-refractivity contribution is 6.04. The molecule has 0 unspecified atom stereocenters. The number of allylic oxidation sites excluding steroid dienone is 1. The molecule has 2 aromatic rings. The van der Waals surface area contributed by atoms with Gasteiger partial charge in [-0.05, 0) is 35.7 Å². The van der Waals surface area contributed by atoms with Crippen LogP contribution < -0.4 is 5.32 Å². The van der Waals surface area contributed by atoms with E-state index in [0.717, 1.165) is 5.69 Å². The van der Waals surface area contributed by atoms with E-state index in [9.17, 15) is 9.18 Å². The van der Waals surface area contributed by atoms with Crippen LogP contribution in [0.25, 0.3) is 0 Å². The molecular weight excluding hydrogens is 265 g/mol. The van der Waals surface area contributed by atoms with Crippen molar-refractivity contribution in [2.75, 3.05) is 5.32 Å². The van der Waals surface area contributed by atoms with Gasteiger partial charge >= 0.3 is 0 Å². The van der Waals surface area contributed by atoms with Crippen molar-refractivity contribution >= 4 is 11.5 Å². The van der Waals surface area contributed by atoms with E-state index in [1.54, 1.807) is 18.3 Å². The molecule has 0 amide bonds. The number of hydrogen-bond acceptors (Lipinski definition) is 2. The maximum Gasteiger partial charge on any atom is 0.187 e. The van der Waals surface area contributed by atoms with Crippen LogP contribution in [-0.2, 0) is 0 Å². The van der Waals surface area contributed by atoms with E-state index >= 15 is 0 Å². The molecular formula is C18H18FNO. The minimum Gasteiger partial charge on any atom is -0.362 e. The van der Waals surface area contributed by atoms with Crippen LogP contribution in [-0.4, -0.2) is 5.78 Å². The summed E-state index contributed by atoms with van der Waals surface area (Å²) in [6.07, 6.45) is 3.03. The summed E-state index contributed by atoms with van der Waals surface area (Å²) in [7, 11) is 0. The quantitative estimate of drug-likeness (QED) is 0.633. The number of benzene rings is 2. The predicted molar refractivity (Wildman–Crippen MR) is 84.0 cm³/mol. The molecule has 0 aliphatic carbocycles. The van der Waals surface area contributed by atoms with Gasteiger partial charge in [-0.3, -0.25) is 4.79 Å². The van der Waals surface area contributed by atoms with E-state index < -0.39 is 0 Å². The number of hydrogen-bond donors (Lipinski definition) is 1. The Bertz CT molecular complexity index is 627. The van der Waals surface area contributed by atoms with Gasteiger partial charge in [0.1, 0.15) is 5.82 Å². The monoisotopic (exact) mass is 283 g/mol. The maximum atomic E-state index is 12.7. The van der Waals surface area contributed by atoms with E-state index in [1.807, 2.05) is 24.3 Å². The van der Waals surface area contributed by atoms with E-state index in [1.165, 1.54) is 23.8 Å². The average molecular weight is 283 g/mol. The Morgan fingerprint density at radius 2 is 1.67 bits per heavy atom. The molecule has 0 aliphatic heterocycles. The molecule has 0 saturated heterocycles. The molecule has 0 atom stereocenters. The molecule has 0 fully saturated rings. The summed E-state index contributed by atoms with van der Waals surface area (Å²) in [5.41, 5.74) is 2.59. The second-order valence-corrected chi connectivity index (χ2v) is 5.13. The molecule has 0 aliphatic rings. The molecule has 1 N–H and O–H groups in total. The topological polar surface area (TPSA) is 29.1 Å².